The molecule has 0 aliphatic carbocycles. The Morgan fingerprint density at radius 3 is 2.82 bits per heavy atom. The minimum Gasteiger partial charge on any atom is -0.316 e. The zero-order chi connectivity index (χ0) is 15.2. The third-order valence-corrected chi connectivity index (χ3v) is 5.31. The van der Waals surface area contributed by atoms with Gasteiger partial charge < -0.3 is 5.32 Å². The van der Waals surface area contributed by atoms with Gasteiger partial charge in [-0.25, -0.2) is 0 Å². The van der Waals surface area contributed by atoms with Crippen LogP contribution in [0.3, 0.4) is 0 Å². The number of rotatable bonds is 6. The van der Waals surface area contributed by atoms with Crippen LogP contribution in [-0.4, -0.2) is 55.1 Å². The minimum atomic E-state index is 0.760. The molecule has 0 spiro atoms. The van der Waals surface area contributed by atoms with Crippen LogP contribution >= 0.6 is 0 Å². The van der Waals surface area contributed by atoms with E-state index in [9.17, 15) is 0 Å². The molecule has 1 aromatic carbocycles. The molecule has 0 bridgehead atoms. The van der Waals surface area contributed by atoms with Crippen LogP contribution in [0.2, 0.25) is 0 Å². The van der Waals surface area contributed by atoms with E-state index in [2.05, 4.69) is 52.4 Å². The summed E-state index contributed by atoms with van der Waals surface area (Å²) >= 11 is 0. The van der Waals surface area contributed by atoms with E-state index in [-0.39, 0.29) is 0 Å². The molecule has 0 aromatic heterocycles. The van der Waals surface area contributed by atoms with E-state index in [1.165, 1.54) is 64.1 Å². The van der Waals surface area contributed by atoms with Crippen molar-refractivity contribution in [3.63, 3.8) is 0 Å². The van der Waals surface area contributed by atoms with Crippen molar-refractivity contribution in [3.8, 4) is 0 Å². The van der Waals surface area contributed by atoms with Crippen molar-refractivity contribution in [1.29, 1.82) is 0 Å². The first kappa shape index (κ1) is 16.0. The van der Waals surface area contributed by atoms with E-state index >= 15 is 0 Å². The molecule has 2 atom stereocenters. The highest BCUT2D eigenvalue weighted by Crippen LogP contribution is 2.21. The Labute approximate surface area is 135 Å². The number of hydrogen-bond acceptors (Lipinski definition) is 3. The van der Waals surface area contributed by atoms with E-state index in [0.717, 1.165) is 18.5 Å². The van der Waals surface area contributed by atoms with E-state index in [4.69, 9.17) is 0 Å². The van der Waals surface area contributed by atoms with Gasteiger partial charge in [-0.2, -0.15) is 0 Å². The normalized spacial score (nSPS) is 26.6. The fraction of sp³-hybridized carbons (Fsp3) is 0.684. The van der Waals surface area contributed by atoms with E-state index in [1.807, 2.05) is 0 Å². The number of benzene rings is 1. The highest BCUT2D eigenvalue weighted by atomic mass is 15.3. The Bertz CT molecular complexity index is 428. The molecule has 1 aromatic rings. The Kier molecular flexibility index (Phi) is 5.88. The monoisotopic (exact) mass is 301 g/mol. The van der Waals surface area contributed by atoms with Crippen molar-refractivity contribution < 1.29 is 0 Å². The Morgan fingerprint density at radius 1 is 1.23 bits per heavy atom. The summed E-state index contributed by atoms with van der Waals surface area (Å²) in [6.45, 7) is 10.8. The smallest absolute Gasteiger partial charge is 0.0235 e. The van der Waals surface area contributed by atoms with Crippen molar-refractivity contribution in [2.24, 2.45) is 5.92 Å². The summed E-state index contributed by atoms with van der Waals surface area (Å²) in [6.07, 6.45) is 4.10. The van der Waals surface area contributed by atoms with Gasteiger partial charge in [0, 0.05) is 32.2 Å². The summed E-state index contributed by atoms with van der Waals surface area (Å²) in [5, 5.41) is 3.56. The van der Waals surface area contributed by atoms with Crippen LogP contribution in [0.4, 0.5) is 0 Å². The zero-order valence-electron chi connectivity index (χ0n) is 14.0. The highest BCUT2D eigenvalue weighted by Gasteiger charge is 2.28. The fourth-order valence-corrected chi connectivity index (χ4v) is 4.04. The van der Waals surface area contributed by atoms with E-state index in [1.54, 1.807) is 0 Å². The first-order valence-electron chi connectivity index (χ1n) is 9.06. The molecule has 2 fully saturated rings. The molecule has 0 saturated carbocycles. The largest absolute Gasteiger partial charge is 0.316 e. The summed E-state index contributed by atoms with van der Waals surface area (Å²) in [7, 11) is 0. The van der Waals surface area contributed by atoms with Crippen LogP contribution in [-0.2, 0) is 6.54 Å². The highest BCUT2D eigenvalue weighted by molar-refractivity contribution is 5.14. The third-order valence-electron chi connectivity index (χ3n) is 5.31. The molecule has 2 heterocycles. The minimum absolute atomic E-state index is 0.760. The lowest BCUT2D eigenvalue weighted by Crippen LogP contribution is -2.44. The first-order valence-corrected chi connectivity index (χ1v) is 9.06. The maximum absolute atomic E-state index is 3.56. The quantitative estimate of drug-likeness (QED) is 0.871. The molecular formula is C19H31N3. The van der Waals surface area contributed by atoms with Gasteiger partial charge in [0.1, 0.15) is 0 Å². The van der Waals surface area contributed by atoms with Gasteiger partial charge in [-0.05, 0) is 50.4 Å². The van der Waals surface area contributed by atoms with Crippen molar-refractivity contribution >= 4 is 0 Å². The molecule has 2 saturated heterocycles. The predicted molar refractivity (Wildman–Crippen MR) is 93.0 cm³/mol. The van der Waals surface area contributed by atoms with Crippen LogP contribution in [0.15, 0.2) is 30.3 Å². The average Bonchev–Trinajstić information content (AvgIpc) is 3.03. The second-order valence-corrected chi connectivity index (χ2v) is 6.96. The van der Waals surface area contributed by atoms with Crippen molar-refractivity contribution in [2.45, 2.75) is 38.8 Å². The molecule has 1 N–H and O–H groups in total. The Morgan fingerprint density at radius 2 is 2.09 bits per heavy atom. The third kappa shape index (κ3) is 4.31. The molecule has 3 heteroatoms. The van der Waals surface area contributed by atoms with Gasteiger partial charge in [-0.1, -0.05) is 37.3 Å². The topological polar surface area (TPSA) is 18.5 Å². The van der Waals surface area contributed by atoms with Crippen LogP contribution in [0.1, 0.15) is 31.7 Å². The van der Waals surface area contributed by atoms with Gasteiger partial charge in [-0.15, -0.1) is 0 Å². The maximum atomic E-state index is 3.56. The second-order valence-electron chi connectivity index (χ2n) is 6.96. The van der Waals surface area contributed by atoms with Gasteiger partial charge in [-0.3, -0.25) is 9.80 Å². The van der Waals surface area contributed by atoms with Gasteiger partial charge in [0.05, 0.1) is 0 Å². The van der Waals surface area contributed by atoms with Gasteiger partial charge in [0.15, 0.2) is 0 Å². The molecule has 3 nitrogen and oxygen atoms in total. The van der Waals surface area contributed by atoms with Crippen LogP contribution < -0.4 is 5.32 Å². The summed E-state index contributed by atoms with van der Waals surface area (Å²) in [4.78, 5) is 5.37. The number of likely N-dealkylation sites (N-methyl/N-ethyl adjacent to an activating group) is 1. The molecule has 0 amide bonds. The van der Waals surface area contributed by atoms with Crippen molar-refractivity contribution in [2.75, 3.05) is 39.3 Å². The predicted octanol–water partition coefficient (Wildman–Crippen LogP) is 2.58. The van der Waals surface area contributed by atoms with Crippen LogP contribution in [0.25, 0.3) is 0 Å². The lowest BCUT2D eigenvalue weighted by Gasteiger charge is -2.33. The summed E-state index contributed by atoms with van der Waals surface area (Å²) in [6, 6.07) is 11.7. The Hall–Kier alpha value is -0.900. The number of likely N-dealkylation sites (tertiary alicyclic amines) is 1. The van der Waals surface area contributed by atoms with Crippen molar-refractivity contribution in [3.05, 3.63) is 35.9 Å². The molecule has 2 aliphatic rings. The molecule has 0 radical (unpaired) electrons. The lowest BCUT2D eigenvalue weighted by atomic mass is 9.98. The summed E-state index contributed by atoms with van der Waals surface area (Å²) < 4.78 is 0. The summed E-state index contributed by atoms with van der Waals surface area (Å²) in [5.74, 6) is 0.858. The molecule has 3 rings (SSSR count). The standard InChI is InChI=1S/C19H31N3/c1-2-22(15-18-9-6-11-20-13-18)19-10-12-21(16-19)14-17-7-4-3-5-8-17/h3-5,7-8,18-20H,2,6,9-16H2,1H3. The molecule has 2 aliphatic heterocycles. The first-order chi connectivity index (χ1) is 10.8. The molecule has 2 unspecified atom stereocenters. The Balaban J connectivity index is 1.49. The zero-order valence-corrected chi connectivity index (χ0v) is 14.0. The SMILES string of the molecule is CCN(CC1CCCNC1)C1CCN(Cc2ccccc2)C1. The van der Waals surface area contributed by atoms with Gasteiger partial charge in [0.25, 0.3) is 0 Å². The number of hydrogen-bond donors (Lipinski definition) is 1. The van der Waals surface area contributed by atoms with Crippen molar-refractivity contribution in [1.82, 2.24) is 15.1 Å². The lowest BCUT2D eigenvalue weighted by molar-refractivity contribution is 0.159. The van der Waals surface area contributed by atoms with E-state index in [0.29, 0.717) is 0 Å². The average molecular weight is 301 g/mol. The van der Waals surface area contributed by atoms with E-state index < -0.39 is 0 Å². The van der Waals surface area contributed by atoms with Crippen LogP contribution in [0, 0.1) is 5.92 Å². The number of piperidine rings is 1. The molecular weight excluding hydrogens is 270 g/mol. The van der Waals surface area contributed by atoms with Crippen LogP contribution in [0.5, 0.6) is 0 Å². The summed E-state index contributed by atoms with van der Waals surface area (Å²) in [5.41, 5.74) is 1.45. The number of nitrogens with zero attached hydrogens (tertiary/aromatic N) is 2. The fourth-order valence-electron chi connectivity index (χ4n) is 4.04. The van der Waals surface area contributed by atoms with Gasteiger partial charge >= 0.3 is 0 Å². The maximum Gasteiger partial charge on any atom is 0.0235 e. The molecule has 122 valence electrons. The molecule has 22 heavy (non-hydrogen) atoms. The number of nitrogens with one attached hydrogen (secondary N) is 1. The second kappa shape index (κ2) is 8.09. The van der Waals surface area contributed by atoms with Gasteiger partial charge in [0.2, 0.25) is 0 Å².